The Morgan fingerprint density at radius 1 is 1.15 bits per heavy atom. The largest absolute Gasteiger partial charge is 0.495 e. The first-order chi connectivity index (χ1) is 12.6. The topological polar surface area (TPSA) is 76.3 Å². The van der Waals surface area contributed by atoms with E-state index in [2.05, 4.69) is 27.4 Å². The van der Waals surface area contributed by atoms with E-state index in [4.69, 9.17) is 22.1 Å². The van der Waals surface area contributed by atoms with E-state index in [9.17, 15) is 0 Å². The number of nitrogens with one attached hydrogen (secondary N) is 1. The van der Waals surface area contributed by atoms with E-state index in [0.717, 1.165) is 0 Å². The van der Waals surface area contributed by atoms with Crippen molar-refractivity contribution in [1.29, 1.82) is 0 Å². The maximum Gasteiger partial charge on any atom is 0.159 e. The molecule has 0 radical (unpaired) electrons. The lowest BCUT2D eigenvalue weighted by Gasteiger charge is -2.21. The summed E-state index contributed by atoms with van der Waals surface area (Å²) in [6, 6.07) is 15.4. The van der Waals surface area contributed by atoms with Gasteiger partial charge in [0, 0.05) is 18.6 Å². The number of rotatable bonds is 6. The Bertz CT molecular complexity index is 888. The van der Waals surface area contributed by atoms with Crippen LogP contribution in [-0.4, -0.2) is 24.1 Å². The molecule has 0 saturated carbocycles. The van der Waals surface area contributed by atoms with Crippen LogP contribution in [0.25, 0.3) is 0 Å². The summed E-state index contributed by atoms with van der Waals surface area (Å²) in [7, 11) is 3.53. The Kier molecular flexibility index (Phi) is 5.43. The van der Waals surface area contributed by atoms with Gasteiger partial charge in [-0.2, -0.15) is 0 Å². The molecule has 0 aliphatic carbocycles. The number of nitrogens with two attached hydrogens (primary N) is 1. The predicted molar refractivity (Wildman–Crippen MR) is 106 cm³/mol. The molecule has 0 bridgehead atoms. The zero-order valence-electron chi connectivity index (χ0n) is 14.6. The molecule has 0 atom stereocenters. The van der Waals surface area contributed by atoms with Crippen LogP contribution in [-0.2, 0) is 6.54 Å². The summed E-state index contributed by atoms with van der Waals surface area (Å²) in [6.45, 7) is 0.683. The third kappa shape index (κ3) is 3.97. The van der Waals surface area contributed by atoms with Crippen LogP contribution in [0.4, 0.5) is 23.0 Å². The minimum Gasteiger partial charge on any atom is -0.495 e. The molecular weight excluding hydrogens is 350 g/mol. The lowest BCUT2D eigenvalue weighted by Crippen LogP contribution is -2.20. The molecule has 0 unspecified atom stereocenters. The third-order valence-corrected chi connectivity index (χ3v) is 4.14. The fourth-order valence-corrected chi connectivity index (χ4v) is 2.80. The van der Waals surface area contributed by atoms with E-state index in [1.165, 1.54) is 11.9 Å². The summed E-state index contributed by atoms with van der Waals surface area (Å²) in [5.41, 5.74) is 8.61. The van der Waals surface area contributed by atoms with Crippen LogP contribution >= 0.6 is 11.6 Å². The first kappa shape index (κ1) is 17.8. The Morgan fingerprint density at radius 2 is 1.92 bits per heavy atom. The predicted octanol–water partition coefficient (Wildman–Crippen LogP) is 4.10. The standard InChI is InChI=1S/C19H20ClN5O/c1-25(11-13-6-4-3-5-7-13)19-17(21)18(22-12-23-19)24-15-10-14(20)8-9-16(15)26-2/h3-10,12H,11,21H2,1-2H3,(H,22,23,24). The van der Waals surface area contributed by atoms with E-state index in [-0.39, 0.29) is 0 Å². The number of aromatic nitrogens is 2. The van der Waals surface area contributed by atoms with Gasteiger partial charge in [-0.25, -0.2) is 9.97 Å². The molecule has 0 aliphatic heterocycles. The van der Waals surface area contributed by atoms with E-state index in [1.807, 2.05) is 30.1 Å². The van der Waals surface area contributed by atoms with Gasteiger partial charge in [0.15, 0.2) is 11.6 Å². The second-order valence-electron chi connectivity index (χ2n) is 5.77. The highest BCUT2D eigenvalue weighted by atomic mass is 35.5. The van der Waals surface area contributed by atoms with Gasteiger partial charge in [0.05, 0.1) is 12.8 Å². The van der Waals surface area contributed by atoms with Crippen molar-refractivity contribution in [3.8, 4) is 5.75 Å². The smallest absolute Gasteiger partial charge is 0.159 e. The lowest BCUT2D eigenvalue weighted by molar-refractivity contribution is 0.417. The molecule has 134 valence electrons. The molecule has 3 aromatic rings. The Labute approximate surface area is 157 Å². The van der Waals surface area contributed by atoms with Crippen LogP contribution in [0, 0.1) is 0 Å². The van der Waals surface area contributed by atoms with Crippen molar-refractivity contribution in [2.45, 2.75) is 6.54 Å². The van der Waals surface area contributed by atoms with E-state index >= 15 is 0 Å². The SMILES string of the molecule is COc1ccc(Cl)cc1Nc1ncnc(N(C)Cc2ccccc2)c1N. The molecule has 26 heavy (non-hydrogen) atoms. The van der Waals surface area contributed by atoms with Crippen LogP contribution in [0.5, 0.6) is 5.75 Å². The Hall–Kier alpha value is -2.99. The average Bonchev–Trinajstić information content (AvgIpc) is 2.64. The van der Waals surface area contributed by atoms with Crippen LogP contribution in [0.2, 0.25) is 5.02 Å². The Balaban J connectivity index is 1.87. The van der Waals surface area contributed by atoms with Gasteiger partial charge < -0.3 is 20.7 Å². The van der Waals surface area contributed by atoms with Crippen LogP contribution in [0.15, 0.2) is 54.9 Å². The number of ether oxygens (including phenoxy) is 1. The van der Waals surface area contributed by atoms with Gasteiger partial charge >= 0.3 is 0 Å². The molecule has 3 rings (SSSR count). The highest BCUT2D eigenvalue weighted by Gasteiger charge is 2.14. The van der Waals surface area contributed by atoms with E-state index < -0.39 is 0 Å². The molecule has 0 fully saturated rings. The van der Waals surface area contributed by atoms with Crippen molar-refractivity contribution in [1.82, 2.24) is 9.97 Å². The number of anilines is 4. The van der Waals surface area contributed by atoms with E-state index in [1.54, 1.807) is 25.3 Å². The first-order valence-corrected chi connectivity index (χ1v) is 8.42. The average molecular weight is 370 g/mol. The maximum atomic E-state index is 6.31. The molecule has 0 amide bonds. The second-order valence-corrected chi connectivity index (χ2v) is 6.21. The number of hydrogen-bond acceptors (Lipinski definition) is 6. The number of halogens is 1. The number of nitrogens with zero attached hydrogens (tertiary/aromatic N) is 3. The van der Waals surface area contributed by atoms with Crippen molar-refractivity contribution in [3.05, 3.63) is 65.4 Å². The van der Waals surface area contributed by atoms with Gasteiger partial charge in [-0.15, -0.1) is 0 Å². The maximum absolute atomic E-state index is 6.31. The zero-order valence-corrected chi connectivity index (χ0v) is 15.4. The number of benzene rings is 2. The summed E-state index contributed by atoms with van der Waals surface area (Å²) in [6.07, 6.45) is 1.48. The highest BCUT2D eigenvalue weighted by molar-refractivity contribution is 6.31. The number of hydrogen-bond donors (Lipinski definition) is 2. The molecule has 6 nitrogen and oxygen atoms in total. The van der Waals surface area contributed by atoms with Crippen molar-refractivity contribution in [3.63, 3.8) is 0 Å². The van der Waals surface area contributed by atoms with Gasteiger partial charge in [0.25, 0.3) is 0 Å². The summed E-state index contributed by atoms with van der Waals surface area (Å²) in [5, 5.41) is 3.76. The summed E-state index contributed by atoms with van der Waals surface area (Å²) < 4.78 is 5.35. The molecular formula is C19H20ClN5O. The van der Waals surface area contributed by atoms with Gasteiger partial charge in [-0.1, -0.05) is 41.9 Å². The molecule has 1 aromatic heterocycles. The Morgan fingerprint density at radius 3 is 2.65 bits per heavy atom. The molecule has 2 aromatic carbocycles. The van der Waals surface area contributed by atoms with Crippen molar-refractivity contribution in [2.75, 3.05) is 30.1 Å². The first-order valence-electron chi connectivity index (χ1n) is 8.04. The molecule has 7 heteroatoms. The van der Waals surface area contributed by atoms with Crippen LogP contribution in [0.3, 0.4) is 0 Å². The van der Waals surface area contributed by atoms with Gasteiger partial charge in [0.1, 0.15) is 17.8 Å². The number of methoxy groups -OCH3 is 1. The lowest BCUT2D eigenvalue weighted by atomic mass is 10.2. The fraction of sp³-hybridized carbons (Fsp3) is 0.158. The minimum atomic E-state index is 0.452. The summed E-state index contributed by atoms with van der Waals surface area (Å²) >= 11 is 6.08. The van der Waals surface area contributed by atoms with Crippen LogP contribution in [0.1, 0.15) is 5.56 Å². The van der Waals surface area contributed by atoms with Crippen molar-refractivity contribution in [2.24, 2.45) is 0 Å². The monoisotopic (exact) mass is 369 g/mol. The summed E-state index contributed by atoms with van der Waals surface area (Å²) in [5.74, 6) is 1.79. The molecule has 1 heterocycles. The van der Waals surface area contributed by atoms with Gasteiger partial charge in [-0.3, -0.25) is 0 Å². The quantitative estimate of drug-likeness (QED) is 0.681. The number of nitrogen functional groups attached to an aromatic ring is 1. The highest BCUT2D eigenvalue weighted by Crippen LogP contribution is 2.34. The van der Waals surface area contributed by atoms with Crippen LogP contribution < -0.4 is 20.7 Å². The zero-order chi connectivity index (χ0) is 18.5. The summed E-state index contributed by atoms with van der Waals surface area (Å²) in [4.78, 5) is 10.6. The molecule has 0 spiro atoms. The molecule has 0 saturated heterocycles. The van der Waals surface area contributed by atoms with Crippen molar-refractivity contribution >= 4 is 34.6 Å². The van der Waals surface area contributed by atoms with Crippen molar-refractivity contribution < 1.29 is 4.74 Å². The minimum absolute atomic E-state index is 0.452. The normalized spacial score (nSPS) is 10.4. The third-order valence-electron chi connectivity index (χ3n) is 3.90. The molecule has 0 aliphatic rings. The molecule has 3 N–H and O–H groups in total. The van der Waals surface area contributed by atoms with Gasteiger partial charge in [0.2, 0.25) is 0 Å². The van der Waals surface area contributed by atoms with Gasteiger partial charge in [-0.05, 0) is 23.8 Å². The fourth-order valence-electron chi connectivity index (χ4n) is 2.63. The van der Waals surface area contributed by atoms with E-state index in [0.29, 0.717) is 40.3 Å². The second kappa shape index (κ2) is 7.93.